The van der Waals surface area contributed by atoms with Gasteiger partial charge in [0, 0.05) is 21.3 Å². The molecular formula is C23H15BrN4O. The smallest absolute Gasteiger partial charge is 0.227 e. The first-order valence-corrected chi connectivity index (χ1v) is 9.81. The monoisotopic (exact) mass is 442 g/mol. The van der Waals surface area contributed by atoms with Crippen molar-refractivity contribution in [1.29, 1.82) is 5.26 Å². The van der Waals surface area contributed by atoms with E-state index in [0.29, 0.717) is 17.1 Å². The Morgan fingerprint density at radius 1 is 1.00 bits per heavy atom. The Labute approximate surface area is 175 Å². The number of anilines is 2. The van der Waals surface area contributed by atoms with Gasteiger partial charge in [-0.1, -0.05) is 64.5 Å². The van der Waals surface area contributed by atoms with Crippen molar-refractivity contribution in [2.24, 2.45) is 0 Å². The molecule has 4 N–H and O–H groups in total. The standard InChI is InChI=1S/C23H15BrN4O/c24-14-8-5-13(6-9-14)18-16-10-7-12-3-1-2-4-15(12)21(16)29-23-19(18)20(26)17(11-25)22(27)28-23/h1-10,18H,(H4,26,27,28). The van der Waals surface area contributed by atoms with E-state index in [1.165, 1.54) is 0 Å². The van der Waals surface area contributed by atoms with Gasteiger partial charge in [0.15, 0.2) is 0 Å². The van der Waals surface area contributed by atoms with Gasteiger partial charge in [-0.3, -0.25) is 0 Å². The van der Waals surface area contributed by atoms with Crippen molar-refractivity contribution in [2.75, 3.05) is 11.5 Å². The highest BCUT2D eigenvalue weighted by atomic mass is 79.9. The maximum absolute atomic E-state index is 9.53. The lowest BCUT2D eigenvalue weighted by molar-refractivity contribution is 0.440. The van der Waals surface area contributed by atoms with Gasteiger partial charge in [-0.2, -0.15) is 10.2 Å². The molecule has 0 saturated heterocycles. The first kappa shape index (κ1) is 17.5. The van der Waals surface area contributed by atoms with E-state index >= 15 is 0 Å². The number of pyridine rings is 1. The minimum absolute atomic E-state index is 0.0713. The first-order valence-electron chi connectivity index (χ1n) is 9.02. The molecule has 1 atom stereocenters. The number of benzene rings is 3. The number of aromatic nitrogens is 1. The summed E-state index contributed by atoms with van der Waals surface area (Å²) in [6.07, 6.45) is 0. The van der Waals surface area contributed by atoms with Crippen molar-refractivity contribution in [3.8, 4) is 17.7 Å². The number of nitrogen functional groups attached to an aromatic ring is 2. The summed E-state index contributed by atoms with van der Waals surface area (Å²) in [6.45, 7) is 0. The van der Waals surface area contributed by atoms with E-state index in [2.05, 4.69) is 39.1 Å². The Hall–Kier alpha value is -3.56. The van der Waals surface area contributed by atoms with Crippen molar-refractivity contribution in [1.82, 2.24) is 4.98 Å². The maximum atomic E-state index is 9.53. The summed E-state index contributed by atoms with van der Waals surface area (Å²) in [5.41, 5.74) is 15.6. The van der Waals surface area contributed by atoms with Crippen LogP contribution in [-0.2, 0) is 0 Å². The maximum Gasteiger partial charge on any atom is 0.227 e. The van der Waals surface area contributed by atoms with Crippen molar-refractivity contribution in [3.63, 3.8) is 0 Å². The molecule has 0 saturated carbocycles. The van der Waals surface area contributed by atoms with Crippen LogP contribution in [0.4, 0.5) is 11.5 Å². The molecule has 3 aromatic carbocycles. The summed E-state index contributed by atoms with van der Waals surface area (Å²) in [6, 6.07) is 22.3. The average Bonchev–Trinajstić information content (AvgIpc) is 2.73. The fraction of sp³-hybridized carbons (Fsp3) is 0.0435. The third kappa shape index (κ3) is 2.63. The highest BCUT2D eigenvalue weighted by Gasteiger charge is 2.34. The topological polar surface area (TPSA) is 98.0 Å². The minimum Gasteiger partial charge on any atom is -0.438 e. The molecule has 2 heterocycles. The molecule has 1 aliphatic heterocycles. The summed E-state index contributed by atoms with van der Waals surface area (Å²) in [7, 11) is 0. The van der Waals surface area contributed by atoms with Crippen LogP contribution >= 0.6 is 15.9 Å². The fourth-order valence-corrected chi connectivity index (χ4v) is 4.21. The number of nitrogens with two attached hydrogens (primary N) is 2. The predicted octanol–water partition coefficient (Wildman–Crippen LogP) is 5.32. The highest BCUT2D eigenvalue weighted by molar-refractivity contribution is 9.10. The summed E-state index contributed by atoms with van der Waals surface area (Å²) >= 11 is 3.49. The molecule has 0 radical (unpaired) electrons. The van der Waals surface area contributed by atoms with Crippen LogP contribution in [0.2, 0.25) is 0 Å². The summed E-state index contributed by atoms with van der Waals surface area (Å²) in [4.78, 5) is 4.39. The van der Waals surface area contributed by atoms with Crippen LogP contribution in [0.5, 0.6) is 11.6 Å². The van der Waals surface area contributed by atoms with Gasteiger partial charge in [-0.15, -0.1) is 0 Å². The SMILES string of the molecule is N#Cc1c(N)nc2c(c1N)C(c1ccc(Br)cc1)c1ccc3ccccc3c1O2. The lowest BCUT2D eigenvalue weighted by Gasteiger charge is -2.30. The highest BCUT2D eigenvalue weighted by Crippen LogP contribution is 2.52. The van der Waals surface area contributed by atoms with Gasteiger partial charge in [-0.05, 0) is 23.1 Å². The van der Waals surface area contributed by atoms with E-state index in [1.54, 1.807) is 0 Å². The largest absolute Gasteiger partial charge is 0.438 e. The van der Waals surface area contributed by atoms with Crippen LogP contribution in [0.25, 0.3) is 10.8 Å². The normalized spacial score (nSPS) is 14.6. The van der Waals surface area contributed by atoms with E-state index in [1.807, 2.05) is 48.5 Å². The number of hydrogen-bond acceptors (Lipinski definition) is 5. The zero-order valence-corrected chi connectivity index (χ0v) is 16.8. The lowest BCUT2D eigenvalue weighted by Crippen LogP contribution is -2.17. The van der Waals surface area contributed by atoms with Gasteiger partial charge in [0.05, 0.1) is 11.3 Å². The fourth-order valence-electron chi connectivity index (χ4n) is 3.94. The van der Waals surface area contributed by atoms with Gasteiger partial charge >= 0.3 is 0 Å². The molecule has 0 fully saturated rings. The molecule has 5 nitrogen and oxygen atoms in total. The number of hydrogen-bond donors (Lipinski definition) is 2. The van der Waals surface area contributed by atoms with Crippen LogP contribution in [0.15, 0.2) is 65.1 Å². The Morgan fingerprint density at radius 2 is 1.76 bits per heavy atom. The van der Waals surface area contributed by atoms with Crippen molar-refractivity contribution >= 4 is 38.2 Å². The van der Waals surface area contributed by atoms with Crippen molar-refractivity contribution < 1.29 is 4.74 Å². The number of ether oxygens (including phenoxy) is 1. The van der Waals surface area contributed by atoms with E-state index in [4.69, 9.17) is 16.2 Å². The number of halogens is 1. The average molecular weight is 443 g/mol. The van der Waals surface area contributed by atoms with Gasteiger partial charge in [0.2, 0.25) is 5.88 Å². The molecule has 0 aliphatic carbocycles. The second-order valence-electron chi connectivity index (χ2n) is 6.91. The van der Waals surface area contributed by atoms with Gasteiger partial charge in [0.25, 0.3) is 0 Å². The molecule has 140 valence electrons. The molecule has 5 rings (SSSR count). The second-order valence-corrected chi connectivity index (χ2v) is 7.82. The molecule has 1 aliphatic rings. The van der Waals surface area contributed by atoms with Crippen LogP contribution < -0.4 is 16.2 Å². The molecule has 0 amide bonds. The van der Waals surface area contributed by atoms with Crippen LogP contribution in [-0.4, -0.2) is 4.98 Å². The lowest BCUT2D eigenvalue weighted by atomic mass is 9.81. The van der Waals surface area contributed by atoms with Crippen LogP contribution in [0.1, 0.15) is 28.2 Å². The van der Waals surface area contributed by atoms with Crippen LogP contribution in [0.3, 0.4) is 0 Å². The summed E-state index contributed by atoms with van der Waals surface area (Å²) in [5, 5.41) is 11.6. The summed E-state index contributed by atoms with van der Waals surface area (Å²) < 4.78 is 7.22. The first-order chi connectivity index (χ1) is 14.1. The number of rotatable bonds is 1. The molecule has 1 aromatic heterocycles. The summed E-state index contributed by atoms with van der Waals surface area (Å²) in [5.74, 6) is 0.920. The molecule has 0 spiro atoms. The van der Waals surface area contributed by atoms with E-state index < -0.39 is 0 Å². The molecule has 4 aromatic rings. The Bertz CT molecular complexity index is 1330. The third-order valence-corrected chi connectivity index (χ3v) is 5.82. The molecular weight excluding hydrogens is 428 g/mol. The van der Waals surface area contributed by atoms with Crippen molar-refractivity contribution in [3.05, 3.63) is 87.4 Å². The molecule has 29 heavy (non-hydrogen) atoms. The van der Waals surface area contributed by atoms with E-state index in [0.717, 1.165) is 32.1 Å². The third-order valence-electron chi connectivity index (χ3n) is 5.29. The zero-order chi connectivity index (χ0) is 20.1. The molecule has 6 heteroatoms. The number of nitrogens with zero attached hydrogens (tertiary/aromatic N) is 2. The molecule has 0 bridgehead atoms. The van der Waals surface area contributed by atoms with Gasteiger partial charge < -0.3 is 16.2 Å². The van der Waals surface area contributed by atoms with E-state index in [9.17, 15) is 5.26 Å². The second kappa shape index (κ2) is 6.50. The Balaban J connectivity index is 1.87. The number of fused-ring (bicyclic) bond motifs is 4. The Morgan fingerprint density at radius 3 is 2.52 bits per heavy atom. The Kier molecular flexibility index (Phi) is 3.93. The molecule has 1 unspecified atom stereocenters. The predicted molar refractivity (Wildman–Crippen MR) is 117 cm³/mol. The number of nitriles is 1. The van der Waals surface area contributed by atoms with Crippen molar-refractivity contribution in [2.45, 2.75) is 5.92 Å². The zero-order valence-electron chi connectivity index (χ0n) is 15.2. The van der Waals surface area contributed by atoms with Crippen LogP contribution in [0, 0.1) is 11.3 Å². The van der Waals surface area contributed by atoms with Gasteiger partial charge in [-0.25, -0.2) is 0 Å². The quantitative estimate of drug-likeness (QED) is 0.366. The van der Waals surface area contributed by atoms with E-state index in [-0.39, 0.29) is 17.3 Å². The minimum atomic E-state index is -0.230. The van der Waals surface area contributed by atoms with Gasteiger partial charge in [0.1, 0.15) is 23.2 Å².